The van der Waals surface area contributed by atoms with E-state index in [1.54, 1.807) is 49.8 Å². The van der Waals surface area contributed by atoms with Crippen molar-refractivity contribution < 1.29 is 8.42 Å². The summed E-state index contributed by atoms with van der Waals surface area (Å²) in [4.78, 5) is 4.18. The van der Waals surface area contributed by atoms with Crippen LogP contribution in [0.1, 0.15) is 18.5 Å². The highest BCUT2D eigenvalue weighted by Crippen LogP contribution is 2.23. The first-order valence-electron chi connectivity index (χ1n) is 6.63. The number of hydrogen-bond donors (Lipinski definition) is 1. The van der Waals surface area contributed by atoms with Crippen LogP contribution >= 0.6 is 0 Å². The predicted octanol–water partition coefficient (Wildman–Crippen LogP) is 2.19. The second-order valence-corrected chi connectivity index (χ2v) is 6.73. The molecular formula is C15H19N3O2S. The van der Waals surface area contributed by atoms with E-state index in [1.807, 2.05) is 20.0 Å². The second kappa shape index (κ2) is 6.24. The molecule has 0 saturated carbocycles. The largest absolute Gasteiger partial charge is 0.313 e. The minimum atomic E-state index is -3.58. The lowest BCUT2D eigenvalue weighted by Gasteiger charge is -2.20. The fourth-order valence-electron chi connectivity index (χ4n) is 1.96. The molecule has 5 nitrogen and oxygen atoms in total. The SMILES string of the molecule is CNC(C)c1cccc(S(=O)(=O)N(C)c2ccncc2)c1. The monoisotopic (exact) mass is 305 g/mol. The van der Waals surface area contributed by atoms with Gasteiger partial charge in [0.2, 0.25) is 0 Å². The molecule has 0 aliphatic carbocycles. The molecule has 1 unspecified atom stereocenters. The van der Waals surface area contributed by atoms with Gasteiger partial charge in [0.25, 0.3) is 10.0 Å². The zero-order valence-corrected chi connectivity index (χ0v) is 13.1. The van der Waals surface area contributed by atoms with Gasteiger partial charge in [0.15, 0.2) is 0 Å². The second-order valence-electron chi connectivity index (χ2n) is 4.76. The summed E-state index contributed by atoms with van der Waals surface area (Å²) in [6.07, 6.45) is 3.14. The third-order valence-corrected chi connectivity index (χ3v) is 5.26. The first-order chi connectivity index (χ1) is 9.96. The minimum Gasteiger partial charge on any atom is -0.313 e. The first-order valence-corrected chi connectivity index (χ1v) is 8.07. The fraction of sp³-hybridized carbons (Fsp3) is 0.267. The van der Waals surface area contributed by atoms with Crippen LogP contribution in [0.15, 0.2) is 53.7 Å². The van der Waals surface area contributed by atoms with Gasteiger partial charge in [0.1, 0.15) is 0 Å². The van der Waals surface area contributed by atoms with Crippen LogP contribution in [-0.4, -0.2) is 27.5 Å². The zero-order chi connectivity index (χ0) is 15.5. The van der Waals surface area contributed by atoms with Crippen LogP contribution in [0, 0.1) is 0 Å². The highest BCUT2D eigenvalue weighted by molar-refractivity contribution is 7.92. The van der Waals surface area contributed by atoms with Crippen LogP contribution < -0.4 is 9.62 Å². The van der Waals surface area contributed by atoms with Crippen molar-refractivity contribution >= 4 is 15.7 Å². The van der Waals surface area contributed by atoms with Crippen molar-refractivity contribution in [2.45, 2.75) is 17.9 Å². The maximum Gasteiger partial charge on any atom is 0.264 e. The van der Waals surface area contributed by atoms with Gasteiger partial charge in [0, 0.05) is 25.5 Å². The Labute approximate surface area is 125 Å². The van der Waals surface area contributed by atoms with Crippen LogP contribution in [0.25, 0.3) is 0 Å². The van der Waals surface area contributed by atoms with Gasteiger partial charge in [-0.05, 0) is 43.8 Å². The molecule has 0 aliphatic rings. The number of rotatable bonds is 5. The summed E-state index contributed by atoms with van der Waals surface area (Å²) in [5.41, 5.74) is 1.51. The topological polar surface area (TPSA) is 62.3 Å². The molecule has 21 heavy (non-hydrogen) atoms. The van der Waals surface area contributed by atoms with Gasteiger partial charge in [-0.25, -0.2) is 8.42 Å². The van der Waals surface area contributed by atoms with E-state index in [1.165, 1.54) is 4.31 Å². The number of nitrogens with one attached hydrogen (secondary N) is 1. The highest BCUT2D eigenvalue weighted by Gasteiger charge is 2.21. The van der Waals surface area contributed by atoms with Gasteiger partial charge >= 0.3 is 0 Å². The minimum absolute atomic E-state index is 0.0892. The molecule has 0 fully saturated rings. The van der Waals surface area contributed by atoms with Crippen LogP contribution in [-0.2, 0) is 10.0 Å². The molecule has 0 bridgehead atoms. The summed E-state index contributed by atoms with van der Waals surface area (Å²) in [7, 11) is -0.196. The van der Waals surface area contributed by atoms with Crippen LogP contribution in [0.2, 0.25) is 0 Å². The van der Waals surface area contributed by atoms with E-state index in [2.05, 4.69) is 10.3 Å². The molecule has 6 heteroatoms. The number of hydrogen-bond acceptors (Lipinski definition) is 4. The lowest BCUT2D eigenvalue weighted by atomic mass is 10.1. The summed E-state index contributed by atoms with van der Waals surface area (Å²) >= 11 is 0. The number of anilines is 1. The Morgan fingerprint density at radius 3 is 2.48 bits per heavy atom. The third kappa shape index (κ3) is 3.22. The maximum atomic E-state index is 12.7. The smallest absolute Gasteiger partial charge is 0.264 e. The Balaban J connectivity index is 2.40. The van der Waals surface area contributed by atoms with Gasteiger partial charge < -0.3 is 5.32 Å². The van der Waals surface area contributed by atoms with Crippen molar-refractivity contribution in [3.05, 3.63) is 54.4 Å². The Morgan fingerprint density at radius 2 is 1.86 bits per heavy atom. The van der Waals surface area contributed by atoms with Crippen LogP contribution in [0.5, 0.6) is 0 Å². The molecule has 0 aliphatic heterocycles. The maximum absolute atomic E-state index is 12.7. The van der Waals surface area contributed by atoms with E-state index in [0.717, 1.165) is 5.56 Å². The van der Waals surface area contributed by atoms with Crippen molar-refractivity contribution in [1.29, 1.82) is 0 Å². The summed E-state index contributed by atoms with van der Waals surface area (Å²) in [5.74, 6) is 0. The average Bonchev–Trinajstić information content (AvgIpc) is 2.54. The highest BCUT2D eigenvalue weighted by atomic mass is 32.2. The van der Waals surface area contributed by atoms with Crippen molar-refractivity contribution in [1.82, 2.24) is 10.3 Å². The number of nitrogens with zero attached hydrogens (tertiary/aromatic N) is 2. The van der Waals surface area contributed by atoms with Crippen LogP contribution in [0.4, 0.5) is 5.69 Å². The lowest BCUT2D eigenvalue weighted by Crippen LogP contribution is -2.26. The van der Waals surface area contributed by atoms with Gasteiger partial charge in [0.05, 0.1) is 10.6 Å². The first kappa shape index (κ1) is 15.5. The molecule has 0 spiro atoms. The van der Waals surface area contributed by atoms with Gasteiger partial charge in [-0.15, -0.1) is 0 Å². The summed E-state index contributed by atoms with van der Waals surface area (Å²) in [6, 6.07) is 10.4. The van der Waals surface area contributed by atoms with E-state index >= 15 is 0 Å². The number of aromatic nitrogens is 1. The van der Waals surface area contributed by atoms with E-state index in [4.69, 9.17) is 0 Å². The molecule has 1 N–H and O–H groups in total. The molecule has 0 saturated heterocycles. The molecule has 112 valence electrons. The van der Waals surface area contributed by atoms with Gasteiger partial charge in [-0.2, -0.15) is 0 Å². The zero-order valence-electron chi connectivity index (χ0n) is 12.3. The Morgan fingerprint density at radius 1 is 1.19 bits per heavy atom. The number of pyridine rings is 1. The lowest BCUT2D eigenvalue weighted by molar-refractivity contribution is 0.593. The van der Waals surface area contributed by atoms with E-state index in [9.17, 15) is 8.42 Å². The van der Waals surface area contributed by atoms with Crippen molar-refractivity contribution in [3.63, 3.8) is 0 Å². The fourth-order valence-corrected chi connectivity index (χ4v) is 3.21. The Hall–Kier alpha value is -1.92. The molecule has 2 rings (SSSR count). The van der Waals surface area contributed by atoms with Gasteiger partial charge in [-0.3, -0.25) is 9.29 Å². The van der Waals surface area contributed by atoms with Gasteiger partial charge in [-0.1, -0.05) is 12.1 Å². The molecular weight excluding hydrogens is 286 g/mol. The normalized spacial score (nSPS) is 12.9. The summed E-state index contributed by atoms with van der Waals surface area (Å²) < 4.78 is 26.6. The van der Waals surface area contributed by atoms with Crippen molar-refractivity contribution in [2.75, 3.05) is 18.4 Å². The third-order valence-electron chi connectivity index (χ3n) is 3.48. The predicted molar refractivity (Wildman–Crippen MR) is 83.7 cm³/mol. The quantitative estimate of drug-likeness (QED) is 0.920. The molecule has 0 radical (unpaired) electrons. The molecule has 0 amide bonds. The summed E-state index contributed by atoms with van der Waals surface area (Å²) in [6.45, 7) is 1.98. The Bertz CT molecular complexity index is 702. The average molecular weight is 305 g/mol. The van der Waals surface area contributed by atoms with E-state index in [-0.39, 0.29) is 10.9 Å². The number of benzene rings is 1. The molecule has 1 heterocycles. The molecule has 1 atom stereocenters. The molecule has 1 aromatic heterocycles. The molecule has 2 aromatic rings. The standard InChI is InChI=1S/C15H19N3O2S/c1-12(16-2)13-5-4-6-15(11-13)21(19,20)18(3)14-7-9-17-10-8-14/h4-12,16H,1-3H3. The van der Waals surface area contributed by atoms with Crippen LogP contribution in [0.3, 0.4) is 0 Å². The Kier molecular flexibility index (Phi) is 4.59. The van der Waals surface area contributed by atoms with E-state index in [0.29, 0.717) is 5.69 Å². The molecule has 1 aromatic carbocycles. The van der Waals surface area contributed by atoms with E-state index < -0.39 is 10.0 Å². The number of sulfonamides is 1. The summed E-state index contributed by atoms with van der Waals surface area (Å²) in [5, 5.41) is 3.10. The van der Waals surface area contributed by atoms with Crippen molar-refractivity contribution in [2.24, 2.45) is 0 Å². The van der Waals surface area contributed by atoms with Crippen molar-refractivity contribution in [3.8, 4) is 0 Å².